The van der Waals surface area contributed by atoms with Crippen LogP contribution in [-0.2, 0) is 9.59 Å². The molecule has 4 heteroatoms. The van der Waals surface area contributed by atoms with Crippen LogP contribution in [0.4, 0.5) is 0 Å². The van der Waals surface area contributed by atoms with Gasteiger partial charge in [0, 0.05) is 0 Å². The lowest BCUT2D eigenvalue weighted by Gasteiger charge is -2.48. The van der Waals surface area contributed by atoms with Crippen molar-refractivity contribution >= 4 is 11.9 Å². The Labute approximate surface area is 108 Å². The van der Waals surface area contributed by atoms with Crippen LogP contribution in [0.1, 0.15) is 53.4 Å². The van der Waals surface area contributed by atoms with E-state index >= 15 is 0 Å². The van der Waals surface area contributed by atoms with Gasteiger partial charge in [0.1, 0.15) is 0 Å². The van der Waals surface area contributed by atoms with E-state index in [-0.39, 0.29) is 11.3 Å². The maximum absolute atomic E-state index is 11.7. The summed E-state index contributed by atoms with van der Waals surface area (Å²) in [5.74, 6) is -2.05. The lowest BCUT2D eigenvalue weighted by molar-refractivity contribution is -0.165. The Kier molecular flexibility index (Phi) is 4.08. The number of rotatable bonds is 3. The third kappa shape index (κ3) is 2.52. The molecule has 1 aliphatic carbocycles. The van der Waals surface area contributed by atoms with Gasteiger partial charge in [0.15, 0.2) is 0 Å². The van der Waals surface area contributed by atoms with Crippen LogP contribution in [-0.4, -0.2) is 22.2 Å². The van der Waals surface area contributed by atoms with Crippen molar-refractivity contribution < 1.29 is 19.8 Å². The molecule has 4 nitrogen and oxygen atoms in total. The molecule has 0 spiro atoms. The summed E-state index contributed by atoms with van der Waals surface area (Å²) in [6, 6.07) is 0. The van der Waals surface area contributed by atoms with Gasteiger partial charge in [0.25, 0.3) is 0 Å². The summed E-state index contributed by atoms with van der Waals surface area (Å²) in [7, 11) is 0. The van der Waals surface area contributed by atoms with Crippen molar-refractivity contribution in [3.05, 3.63) is 0 Å². The zero-order chi connectivity index (χ0) is 14.1. The average molecular weight is 256 g/mol. The molecule has 2 N–H and O–H groups in total. The molecular formula is C14H24O4. The largest absolute Gasteiger partial charge is 0.481 e. The second-order valence-electron chi connectivity index (χ2n) is 6.54. The van der Waals surface area contributed by atoms with Crippen LogP contribution in [0.2, 0.25) is 0 Å². The van der Waals surface area contributed by atoms with E-state index in [1.807, 2.05) is 27.7 Å². The van der Waals surface area contributed by atoms with E-state index in [2.05, 4.69) is 0 Å². The molecule has 0 bridgehead atoms. The molecular weight excluding hydrogens is 232 g/mol. The summed E-state index contributed by atoms with van der Waals surface area (Å²) in [5, 5.41) is 18.8. The van der Waals surface area contributed by atoms with Crippen LogP contribution in [0.15, 0.2) is 0 Å². The lowest BCUT2D eigenvalue weighted by Crippen LogP contribution is -2.49. The van der Waals surface area contributed by atoms with Crippen LogP contribution < -0.4 is 0 Å². The van der Waals surface area contributed by atoms with E-state index in [1.165, 1.54) is 0 Å². The first-order valence-electron chi connectivity index (χ1n) is 6.61. The van der Waals surface area contributed by atoms with E-state index < -0.39 is 23.3 Å². The van der Waals surface area contributed by atoms with Gasteiger partial charge in [0.2, 0.25) is 0 Å². The fourth-order valence-corrected chi connectivity index (χ4v) is 3.47. The first kappa shape index (κ1) is 15.0. The fraction of sp³-hybridized carbons (Fsp3) is 0.857. The summed E-state index contributed by atoms with van der Waals surface area (Å²) in [5.41, 5.74) is -0.952. The molecule has 1 rings (SSSR count). The van der Waals surface area contributed by atoms with Gasteiger partial charge in [-0.05, 0) is 37.0 Å². The van der Waals surface area contributed by atoms with E-state index in [9.17, 15) is 14.7 Å². The summed E-state index contributed by atoms with van der Waals surface area (Å²) in [6.45, 7) is 7.92. The van der Waals surface area contributed by atoms with Crippen molar-refractivity contribution in [2.24, 2.45) is 22.7 Å². The van der Waals surface area contributed by atoms with Crippen molar-refractivity contribution in [2.75, 3.05) is 0 Å². The number of carboxylic acid groups (broad SMARTS) is 2. The molecule has 1 aliphatic rings. The average Bonchev–Trinajstić information content (AvgIpc) is 2.26. The molecule has 0 amide bonds. The quantitative estimate of drug-likeness (QED) is 0.814. The lowest BCUT2D eigenvalue weighted by atomic mass is 9.54. The second-order valence-corrected chi connectivity index (χ2v) is 6.54. The highest BCUT2D eigenvalue weighted by Gasteiger charge is 2.53. The monoisotopic (exact) mass is 256 g/mol. The molecule has 3 atom stereocenters. The minimum absolute atomic E-state index is 0.0950. The molecule has 18 heavy (non-hydrogen) atoms. The van der Waals surface area contributed by atoms with Crippen molar-refractivity contribution in [3.8, 4) is 0 Å². The smallest absolute Gasteiger partial charge is 0.309 e. The van der Waals surface area contributed by atoms with Gasteiger partial charge in [-0.3, -0.25) is 9.59 Å². The van der Waals surface area contributed by atoms with Gasteiger partial charge >= 0.3 is 11.9 Å². The Morgan fingerprint density at radius 2 is 1.83 bits per heavy atom. The summed E-state index contributed by atoms with van der Waals surface area (Å²) < 4.78 is 0. The Balaban J connectivity index is 3.13. The Morgan fingerprint density at radius 1 is 1.28 bits per heavy atom. The molecule has 0 aromatic heterocycles. The van der Waals surface area contributed by atoms with Crippen molar-refractivity contribution in [1.29, 1.82) is 0 Å². The van der Waals surface area contributed by atoms with Crippen molar-refractivity contribution in [1.82, 2.24) is 0 Å². The third-order valence-electron chi connectivity index (χ3n) is 4.58. The van der Waals surface area contributed by atoms with E-state index in [0.717, 1.165) is 0 Å². The standard InChI is InChI=1S/C14H24O4/c1-5-14(12(17)18)7-6-9(11(15)16)8-10(14)13(2,3)4/h9-10H,5-8H2,1-4H3,(H,15,16)(H,17,18). The van der Waals surface area contributed by atoms with Gasteiger partial charge in [-0.15, -0.1) is 0 Å². The first-order chi connectivity index (χ1) is 8.15. The Bertz CT molecular complexity index is 342. The van der Waals surface area contributed by atoms with Crippen molar-refractivity contribution in [2.45, 2.75) is 53.4 Å². The zero-order valence-corrected chi connectivity index (χ0v) is 11.7. The molecule has 0 saturated heterocycles. The second kappa shape index (κ2) is 4.90. The minimum atomic E-state index is -0.792. The highest BCUT2D eigenvalue weighted by atomic mass is 16.4. The minimum Gasteiger partial charge on any atom is -0.481 e. The van der Waals surface area contributed by atoms with Crippen LogP contribution in [0.5, 0.6) is 0 Å². The van der Waals surface area contributed by atoms with Crippen LogP contribution >= 0.6 is 0 Å². The number of carbonyl (C=O) groups is 2. The van der Waals surface area contributed by atoms with E-state index in [0.29, 0.717) is 25.7 Å². The molecule has 0 radical (unpaired) electrons. The molecule has 0 aromatic rings. The number of aliphatic carboxylic acids is 2. The SMILES string of the molecule is CCC1(C(=O)O)CCC(C(=O)O)CC1C(C)(C)C. The van der Waals surface area contributed by atoms with Crippen LogP contribution in [0.3, 0.4) is 0 Å². The van der Waals surface area contributed by atoms with Gasteiger partial charge in [0.05, 0.1) is 11.3 Å². The Hall–Kier alpha value is -1.06. The Morgan fingerprint density at radius 3 is 2.17 bits per heavy atom. The summed E-state index contributed by atoms with van der Waals surface area (Å²) in [4.78, 5) is 22.8. The maximum atomic E-state index is 11.7. The van der Waals surface area contributed by atoms with Crippen LogP contribution in [0.25, 0.3) is 0 Å². The fourth-order valence-electron chi connectivity index (χ4n) is 3.47. The molecule has 1 saturated carbocycles. The maximum Gasteiger partial charge on any atom is 0.309 e. The van der Waals surface area contributed by atoms with Gasteiger partial charge in [-0.1, -0.05) is 27.7 Å². The van der Waals surface area contributed by atoms with Gasteiger partial charge < -0.3 is 10.2 Å². The topological polar surface area (TPSA) is 74.6 Å². The van der Waals surface area contributed by atoms with Crippen molar-refractivity contribution in [3.63, 3.8) is 0 Å². The third-order valence-corrected chi connectivity index (χ3v) is 4.58. The number of hydrogen-bond donors (Lipinski definition) is 2. The predicted octanol–water partition coefficient (Wildman–Crippen LogP) is 3.01. The van der Waals surface area contributed by atoms with E-state index in [1.54, 1.807) is 0 Å². The van der Waals surface area contributed by atoms with Gasteiger partial charge in [-0.25, -0.2) is 0 Å². The molecule has 0 aliphatic heterocycles. The van der Waals surface area contributed by atoms with Gasteiger partial charge in [-0.2, -0.15) is 0 Å². The van der Waals surface area contributed by atoms with Crippen LogP contribution in [0, 0.1) is 22.7 Å². The number of carboxylic acids is 2. The molecule has 3 unspecified atom stereocenters. The van der Waals surface area contributed by atoms with E-state index in [4.69, 9.17) is 5.11 Å². The highest BCUT2D eigenvalue weighted by molar-refractivity contribution is 5.76. The predicted molar refractivity (Wildman–Crippen MR) is 68.3 cm³/mol. The molecule has 0 heterocycles. The summed E-state index contributed by atoms with van der Waals surface area (Å²) in [6.07, 6.45) is 1.98. The number of hydrogen-bond acceptors (Lipinski definition) is 2. The first-order valence-corrected chi connectivity index (χ1v) is 6.61. The normalized spacial score (nSPS) is 33.1. The molecule has 1 fully saturated rings. The highest BCUT2D eigenvalue weighted by Crippen LogP contribution is 2.53. The summed E-state index contributed by atoms with van der Waals surface area (Å²) >= 11 is 0. The molecule has 0 aromatic carbocycles. The molecule has 104 valence electrons. The zero-order valence-electron chi connectivity index (χ0n) is 11.7.